The molecule has 0 radical (unpaired) electrons. The summed E-state index contributed by atoms with van der Waals surface area (Å²) in [5.74, 6) is 0.0181. The van der Waals surface area contributed by atoms with Gasteiger partial charge in [-0.05, 0) is 24.6 Å². The lowest BCUT2D eigenvalue weighted by molar-refractivity contribution is -0.130. The molecule has 2 amide bonds. The highest BCUT2D eigenvalue weighted by Gasteiger charge is 2.25. The number of rotatable bonds is 3. The number of halogens is 2. The number of amides is 2. The normalized spacial score (nSPS) is 15.6. The summed E-state index contributed by atoms with van der Waals surface area (Å²) in [5.41, 5.74) is 1.51. The van der Waals surface area contributed by atoms with Gasteiger partial charge in [-0.3, -0.25) is 14.5 Å². The molecule has 1 aromatic carbocycles. The molecule has 0 aliphatic carbocycles. The first kappa shape index (κ1) is 18.2. The van der Waals surface area contributed by atoms with Crippen LogP contribution >= 0.6 is 27.5 Å². The molecule has 0 aromatic heterocycles. The summed E-state index contributed by atoms with van der Waals surface area (Å²) in [7, 11) is 3.50. The predicted molar refractivity (Wildman–Crippen MR) is 94.9 cm³/mol. The minimum Gasteiger partial charge on any atom is -0.348 e. The third kappa shape index (κ3) is 4.46. The van der Waals surface area contributed by atoms with E-state index in [1.807, 2.05) is 6.92 Å². The number of nitrogens with zero attached hydrogens (tertiary/aromatic N) is 3. The summed E-state index contributed by atoms with van der Waals surface area (Å²) in [5, 5.41) is 0.473. The molecule has 0 N–H and O–H groups in total. The molecule has 0 spiro atoms. The van der Waals surface area contributed by atoms with Gasteiger partial charge in [0.1, 0.15) is 0 Å². The molecule has 1 saturated heterocycles. The minimum atomic E-state index is -0.0608. The fourth-order valence-electron chi connectivity index (χ4n) is 2.42. The number of carbonyl (C=O) groups excluding carboxylic acids is 2. The Balaban J connectivity index is 1.99. The van der Waals surface area contributed by atoms with Crippen molar-refractivity contribution < 1.29 is 9.59 Å². The molecule has 1 aliphatic heterocycles. The first-order valence-corrected chi connectivity index (χ1v) is 8.64. The Kier molecular flexibility index (Phi) is 6.06. The van der Waals surface area contributed by atoms with E-state index < -0.39 is 0 Å². The van der Waals surface area contributed by atoms with Crippen molar-refractivity contribution >= 4 is 39.3 Å². The van der Waals surface area contributed by atoms with Crippen molar-refractivity contribution in [2.24, 2.45) is 0 Å². The zero-order chi connectivity index (χ0) is 17.1. The standard InChI is InChI=1S/C16H21BrClN3O2/c1-11-8-14(18)12(9-13(11)17)16(23)21-6-4-20(5-7-21)10-15(22)19(2)3/h8-9H,4-7,10H2,1-3H3. The van der Waals surface area contributed by atoms with Crippen LogP contribution in [-0.4, -0.2) is 73.3 Å². The maximum Gasteiger partial charge on any atom is 0.255 e. The predicted octanol–water partition coefficient (Wildman–Crippen LogP) is 2.26. The van der Waals surface area contributed by atoms with Crippen molar-refractivity contribution in [3.05, 3.63) is 32.8 Å². The van der Waals surface area contributed by atoms with E-state index in [-0.39, 0.29) is 11.8 Å². The molecule has 0 unspecified atom stereocenters. The molecule has 1 fully saturated rings. The van der Waals surface area contributed by atoms with Gasteiger partial charge in [0.05, 0.1) is 17.1 Å². The molecule has 1 aliphatic rings. The fourth-order valence-corrected chi connectivity index (χ4v) is 3.06. The second-order valence-electron chi connectivity index (χ2n) is 5.94. The van der Waals surface area contributed by atoms with E-state index in [1.54, 1.807) is 36.0 Å². The number of carbonyl (C=O) groups is 2. The summed E-state index contributed by atoms with van der Waals surface area (Å²) >= 11 is 9.66. The average Bonchev–Trinajstić information content (AvgIpc) is 2.51. The Morgan fingerprint density at radius 3 is 2.39 bits per heavy atom. The molecule has 0 bridgehead atoms. The third-order valence-electron chi connectivity index (χ3n) is 4.00. The highest BCUT2D eigenvalue weighted by molar-refractivity contribution is 9.10. The summed E-state index contributed by atoms with van der Waals surface area (Å²) in [6.45, 7) is 4.91. The number of piperazine rings is 1. The Morgan fingerprint density at radius 2 is 1.83 bits per heavy atom. The van der Waals surface area contributed by atoms with Crippen LogP contribution in [-0.2, 0) is 4.79 Å². The van der Waals surface area contributed by atoms with Crippen LogP contribution in [0.25, 0.3) is 0 Å². The lowest BCUT2D eigenvalue weighted by atomic mass is 10.1. The van der Waals surface area contributed by atoms with E-state index in [0.717, 1.165) is 10.0 Å². The van der Waals surface area contributed by atoms with E-state index in [0.29, 0.717) is 43.3 Å². The Morgan fingerprint density at radius 1 is 1.22 bits per heavy atom. The van der Waals surface area contributed by atoms with E-state index in [1.165, 1.54) is 0 Å². The number of aryl methyl sites for hydroxylation is 1. The van der Waals surface area contributed by atoms with Crippen molar-refractivity contribution in [3.63, 3.8) is 0 Å². The van der Waals surface area contributed by atoms with Crippen LogP contribution in [0.3, 0.4) is 0 Å². The van der Waals surface area contributed by atoms with Crippen LogP contribution in [0, 0.1) is 6.92 Å². The molecule has 23 heavy (non-hydrogen) atoms. The smallest absolute Gasteiger partial charge is 0.255 e. The van der Waals surface area contributed by atoms with Gasteiger partial charge < -0.3 is 9.80 Å². The van der Waals surface area contributed by atoms with Gasteiger partial charge in [-0.1, -0.05) is 27.5 Å². The van der Waals surface area contributed by atoms with Crippen LogP contribution in [0.2, 0.25) is 5.02 Å². The molecule has 126 valence electrons. The summed E-state index contributed by atoms with van der Waals surface area (Å²) in [4.78, 5) is 29.8. The summed E-state index contributed by atoms with van der Waals surface area (Å²) in [6, 6.07) is 3.58. The van der Waals surface area contributed by atoms with Gasteiger partial charge in [-0.2, -0.15) is 0 Å². The van der Waals surface area contributed by atoms with Crippen molar-refractivity contribution in [2.75, 3.05) is 46.8 Å². The monoisotopic (exact) mass is 401 g/mol. The van der Waals surface area contributed by atoms with Gasteiger partial charge in [-0.25, -0.2) is 0 Å². The zero-order valence-corrected chi connectivity index (χ0v) is 15.9. The number of likely N-dealkylation sites (N-methyl/N-ethyl adjacent to an activating group) is 1. The number of benzene rings is 1. The average molecular weight is 403 g/mol. The van der Waals surface area contributed by atoms with Gasteiger partial charge in [0.25, 0.3) is 5.91 Å². The van der Waals surface area contributed by atoms with E-state index in [9.17, 15) is 9.59 Å². The fraction of sp³-hybridized carbons (Fsp3) is 0.500. The second-order valence-corrected chi connectivity index (χ2v) is 7.20. The van der Waals surface area contributed by atoms with Crippen LogP contribution < -0.4 is 0 Å². The first-order chi connectivity index (χ1) is 10.8. The summed E-state index contributed by atoms with van der Waals surface area (Å²) in [6.07, 6.45) is 0. The highest BCUT2D eigenvalue weighted by Crippen LogP contribution is 2.26. The van der Waals surface area contributed by atoms with Crippen LogP contribution in [0.1, 0.15) is 15.9 Å². The molecule has 1 heterocycles. The Hall–Kier alpha value is -1.11. The lowest BCUT2D eigenvalue weighted by Crippen LogP contribution is -2.51. The minimum absolute atomic E-state index is 0.0608. The summed E-state index contributed by atoms with van der Waals surface area (Å²) < 4.78 is 0.875. The van der Waals surface area contributed by atoms with E-state index in [4.69, 9.17) is 11.6 Å². The Bertz CT molecular complexity index is 614. The number of hydrogen-bond acceptors (Lipinski definition) is 3. The quantitative estimate of drug-likeness (QED) is 0.779. The van der Waals surface area contributed by atoms with Crippen LogP contribution in [0.4, 0.5) is 0 Å². The molecule has 0 saturated carbocycles. The lowest BCUT2D eigenvalue weighted by Gasteiger charge is -2.35. The maximum absolute atomic E-state index is 12.6. The maximum atomic E-state index is 12.6. The van der Waals surface area contributed by atoms with Crippen LogP contribution in [0.15, 0.2) is 16.6 Å². The number of hydrogen-bond donors (Lipinski definition) is 0. The van der Waals surface area contributed by atoms with Gasteiger partial charge in [0, 0.05) is 44.7 Å². The molecule has 5 nitrogen and oxygen atoms in total. The van der Waals surface area contributed by atoms with Gasteiger partial charge in [-0.15, -0.1) is 0 Å². The SMILES string of the molecule is Cc1cc(Cl)c(C(=O)N2CCN(CC(=O)N(C)C)CC2)cc1Br. The van der Waals surface area contributed by atoms with Gasteiger partial charge in [0.15, 0.2) is 0 Å². The first-order valence-electron chi connectivity index (χ1n) is 7.47. The molecular weight excluding hydrogens is 382 g/mol. The van der Waals surface area contributed by atoms with Crippen molar-refractivity contribution in [1.82, 2.24) is 14.7 Å². The van der Waals surface area contributed by atoms with Crippen LogP contribution in [0.5, 0.6) is 0 Å². The largest absolute Gasteiger partial charge is 0.348 e. The molecule has 2 rings (SSSR count). The van der Waals surface area contributed by atoms with E-state index in [2.05, 4.69) is 20.8 Å². The third-order valence-corrected chi connectivity index (χ3v) is 5.16. The van der Waals surface area contributed by atoms with Crippen molar-refractivity contribution in [1.29, 1.82) is 0 Å². The molecule has 0 atom stereocenters. The molecule has 7 heteroatoms. The van der Waals surface area contributed by atoms with Gasteiger partial charge in [0.2, 0.25) is 5.91 Å². The van der Waals surface area contributed by atoms with Gasteiger partial charge >= 0.3 is 0 Å². The van der Waals surface area contributed by atoms with Crippen molar-refractivity contribution in [2.45, 2.75) is 6.92 Å². The molecule has 1 aromatic rings. The van der Waals surface area contributed by atoms with E-state index >= 15 is 0 Å². The Labute approximate surface area is 150 Å². The zero-order valence-electron chi connectivity index (χ0n) is 13.6. The second kappa shape index (κ2) is 7.64. The highest BCUT2D eigenvalue weighted by atomic mass is 79.9. The topological polar surface area (TPSA) is 43.9 Å². The van der Waals surface area contributed by atoms with Crippen molar-refractivity contribution in [3.8, 4) is 0 Å². The molecular formula is C16H21BrClN3O2.